The molecule has 0 N–H and O–H groups in total. The zero-order chi connectivity index (χ0) is 14.5. The molecule has 2 rings (SSSR count). The predicted octanol–water partition coefficient (Wildman–Crippen LogP) is 2.84. The average Bonchev–Trinajstić information content (AvgIpc) is 2.49. The van der Waals surface area contributed by atoms with Crippen LogP contribution in [0.4, 0.5) is 0 Å². The Morgan fingerprint density at radius 1 is 1.30 bits per heavy atom. The fourth-order valence-electron chi connectivity index (χ4n) is 2.67. The lowest BCUT2D eigenvalue weighted by Gasteiger charge is -2.31. The van der Waals surface area contributed by atoms with E-state index in [1.54, 1.807) is 0 Å². The van der Waals surface area contributed by atoms with Crippen molar-refractivity contribution < 1.29 is 4.79 Å². The number of rotatable bonds is 4. The number of likely N-dealkylation sites (tertiary alicyclic amines) is 1. The van der Waals surface area contributed by atoms with E-state index in [0.29, 0.717) is 11.8 Å². The minimum atomic E-state index is 0.102. The molecule has 0 radical (unpaired) electrons. The third-order valence-corrected chi connectivity index (χ3v) is 4.38. The highest BCUT2D eigenvalue weighted by Gasteiger charge is 2.20. The summed E-state index contributed by atoms with van der Waals surface area (Å²) in [7, 11) is 4.06. The van der Waals surface area contributed by atoms with Gasteiger partial charge in [-0.1, -0.05) is 12.1 Å². The monoisotopic (exact) mass is 294 g/mol. The van der Waals surface area contributed by atoms with Gasteiger partial charge >= 0.3 is 0 Å². The number of carbonyl (C=O) groups is 1. The Labute approximate surface area is 126 Å². The predicted molar refractivity (Wildman–Crippen MR) is 83.2 cm³/mol. The normalized spacial score (nSPS) is 17.1. The highest BCUT2D eigenvalue weighted by atomic mass is 35.5. The van der Waals surface area contributed by atoms with E-state index in [2.05, 4.69) is 11.9 Å². The molecule has 1 aliphatic heterocycles. The largest absolute Gasteiger partial charge is 0.341 e. The van der Waals surface area contributed by atoms with Gasteiger partial charge < -0.3 is 9.80 Å². The van der Waals surface area contributed by atoms with Gasteiger partial charge in [0.2, 0.25) is 0 Å². The van der Waals surface area contributed by atoms with Crippen molar-refractivity contribution in [3.63, 3.8) is 0 Å². The fourth-order valence-corrected chi connectivity index (χ4v) is 2.85. The van der Waals surface area contributed by atoms with E-state index in [0.717, 1.165) is 30.8 Å². The number of hydrogen-bond donors (Lipinski definition) is 0. The van der Waals surface area contributed by atoms with Gasteiger partial charge in [0.15, 0.2) is 0 Å². The topological polar surface area (TPSA) is 23.6 Å². The van der Waals surface area contributed by atoms with Crippen LogP contribution in [0.1, 0.15) is 28.8 Å². The lowest BCUT2D eigenvalue weighted by atomic mass is 9.96. The third kappa shape index (κ3) is 3.97. The first-order valence-corrected chi connectivity index (χ1v) is 7.72. The number of alkyl halides is 1. The molecular formula is C16H23ClN2O. The lowest BCUT2D eigenvalue weighted by molar-refractivity contribution is 0.0747. The van der Waals surface area contributed by atoms with Gasteiger partial charge in [0, 0.05) is 25.0 Å². The first-order valence-electron chi connectivity index (χ1n) is 7.19. The highest BCUT2D eigenvalue weighted by molar-refractivity contribution is 6.17. The first kappa shape index (κ1) is 15.3. The van der Waals surface area contributed by atoms with Crippen molar-refractivity contribution in [2.24, 2.45) is 5.92 Å². The first-order chi connectivity index (χ1) is 9.60. The highest BCUT2D eigenvalue weighted by Crippen LogP contribution is 2.18. The Morgan fingerprint density at radius 3 is 2.45 bits per heavy atom. The number of piperidine rings is 1. The molecule has 0 bridgehead atoms. The van der Waals surface area contributed by atoms with Gasteiger partial charge in [-0.15, -0.1) is 11.6 Å². The molecule has 1 aliphatic rings. The van der Waals surface area contributed by atoms with Crippen LogP contribution in [0.25, 0.3) is 0 Å². The van der Waals surface area contributed by atoms with Gasteiger partial charge in [-0.3, -0.25) is 4.79 Å². The van der Waals surface area contributed by atoms with Crippen LogP contribution in [0.2, 0.25) is 0 Å². The number of nitrogens with zero attached hydrogens (tertiary/aromatic N) is 2. The van der Waals surface area contributed by atoms with E-state index < -0.39 is 0 Å². The number of hydrogen-bond acceptors (Lipinski definition) is 2. The van der Waals surface area contributed by atoms with Gasteiger partial charge in [-0.25, -0.2) is 0 Å². The molecule has 1 saturated heterocycles. The molecule has 20 heavy (non-hydrogen) atoms. The van der Waals surface area contributed by atoms with Crippen molar-refractivity contribution in [3.05, 3.63) is 35.4 Å². The van der Waals surface area contributed by atoms with E-state index in [4.69, 9.17) is 11.6 Å². The van der Waals surface area contributed by atoms with Crippen molar-refractivity contribution in [2.75, 3.05) is 33.7 Å². The maximum atomic E-state index is 12.4. The van der Waals surface area contributed by atoms with E-state index >= 15 is 0 Å². The second kappa shape index (κ2) is 7.09. The molecule has 0 spiro atoms. The molecule has 1 amide bonds. The summed E-state index contributed by atoms with van der Waals surface area (Å²) in [5.41, 5.74) is 1.79. The summed E-state index contributed by atoms with van der Waals surface area (Å²) in [4.78, 5) is 16.6. The van der Waals surface area contributed by atoms with E-state index in [1.807, 2.05) is 36.2 Å². The van der Waals surface area contributed by atoms with Crippen LogP contribution in [0.15, 0.2) is 24.3 Å². The van der Waals surface area contributed by atoms with E-state index in [1.165, 1.54) is 12.8 Å². The fraction of sp³-hybridized carbons (Fsp3) is 0.562. The lowest BCUT2D eigenvalue weighted by Crippen LogP contribution is -2.37. The second-order valence-corrected chi connectivity index (χ2v) is 6.03. The summed E-state index contributed by atoms with van der Waals surface area (Å²) in [5.74, 6) is 1.22. The maximum absolute atomic E-state index is 12.4. The SMILES string of the molecule is CN1CCC(CN(C)C(=O)c2ccc(CCl)cc2)CC1. The smallest absolute Gasteiger partial charge is 0.253 e. The molecule has 0 atom stereocenters. The van der Waals surface area contributed by atoms with Crippen molar-refractivity contribution in [2.45, 2.75) is 18.7 Å². The van der Waals surface area contributed by atoms with Gasteiger partial charge in [0.05, 0.1) is 0 Å². The Hall–Kier alpha value is -1.06. The third-order valence-electron chi connectivity index (χ3n) is 4.07. The average molecular weight is 295 g/mol. The molecule has 1 heterocycles. The second-order valence-electron chi connectivity index (χ2n) is 5.76. The molecule has 1 aromatic carbocycles. The summed E-state index contributed by atoms with van der Waals surface area (Å²) in [5, 5.41) is 0. The summed E-state index contributed by atoms with van der Waals surface area (Å²) < 4.78 is 0. The van der Waals surface area contributed by atoms with Crippen LogP contribution >= 0.6 is 11.6 Å². The van der Waals surface area contributed by atoms with E-state index in [-0.39, 0.29) is 5.91 Å². The van der Waals surface area contributed by atoms with Crippen LogP contribution in [0.5, 0.6) is 0 Å². The molecule has 0 saturated carbocycles. The molecule has 0 unspecified atom stereocenters. The summed E-state index contributed by atoms with van der Waals surface area (Å²) in [6.45, 7) is 3.12. The zero-order valence-electron chi connectivity index (χ0n) is 12.3. The summed E-state index contributed by atoms with van der Waals surface area (Å²) in [6, 6.07) is 7.57. The van der Waals surface area contributed by atoms with Crippen molar-refractivity contribution in [3.8, 4) is 0 Å². The minimum Gasteiger partial charge on any atom is -0.341 e. The molecule has 1 fully saturated rings. The van der Waals surface area contributed by atoms with Crippen LogP contribution in [-0.4, -0.2) is 49.4 Å². The van der Waals surface area contributed by atoms with Crippen LogP contribution < -0.4 is 0 Å². The molecular weight excluding hydrogens is 272 g/mol. The number of halogens is 1. The van der Waals surface area contributed by atoms with E-state index in [9.17, 15) is 4.79 Å². The van der Waals surface area contributed by atoms with Crippen molar-refractivity contribution in [1.29, 1.82) is 0 Å². The molecule has 110 valence electrons. The molecule has 0 aromatic heterocycles. The minimum absolute atomic E-state index is 0.102. The maximum Gasteiger partial charge on any atom is 0.253 e. The van der Waals surface area contributed by atoms with Crippen LogP contribution in [0, 0.1) is 5.92 Å². The Balaban J connectivity index is 1.90. The standard InChI is InChI=1S/C16H23ClN2O/c1-18-9-7-14(8-10-18)12-19(2)16(20)15-5-3-13(11-17)4-6-15/h3-6,14H,7-12H2,1-2H3. The van der Waals surface area contributed by atoms with Crippen LogP contribution in [-0.2, 0) is 5.88 Å². The van der Waals surface area contributed by atoms with Crippen molar-refractivity contribution >= 4 is 17.5 Å². The van der Waals surface area contributed by atoms with Gasteiger partial charge in [-0.2, -0.15) is 0 Å². The van der Waals surface area contributed by atoms with Gasteiger partial charge in [-0.05, 0) is 56.6 Å². The number of benzene rings is 1. The Morgan fingerprint density at radius 2 is 1.90 bits per heavy atom. The Bertz CT molecular complexity index is 438. The van der Waals surface area contributed by atoms with Crippen LogP contribution in [0.3, 0.4) is 0 Å². The Kier molecular flexibility index (Phi) is 5.44. The molecule has 3 nitrogen and oxygen atoms in total. The zero-order valence-corrected chi connectivity index (χ0v) is 13.1. The van der Waals surface area contributed by atoms with Gasteiger partial charge in [0.25, 0.3) is 5.91 Å². The molecule has 0 aliphatic carbocycles. The van der Waals surface area contributed by atoms with Gasteiger partial charge in [0.1, 0.15) is 0 Å². The molecule has 4 heteroatoms. The molecule has 1 aromatic rings. The number of amides is 1. The quantitative estimate of drug-likeness (QED) is 0.797. The number of carbonyl (C=O) groups excluding carboxylic acids is 1. The van der Waals surface area contributed by atoms with Crippen molar-refractivity contribution in [1.82, 2.24) is 9.80 Å². The summed E-state index contributed by atoms with van der Waals surface area (Å²) in [6.07, 6.45) is 2.36. The summed E-state index contributed by atoms with van der Waals surface area (Å²) >= 11 is 5.76.